The number of carboxylic acids is 1. The zero-order valence-electron chi connectivity index (χ0n) is 8.08. The van der Waals surface area contributed by atoms with E-state index in [4.69, 9.17) is 15.3 Å². The molecule has 1 aromatic rings. The van der Waals surface area contributed by atoms with Crippen LogP contribution in [0.4, 0.5) is 0 Å². The number of phenolic OH excluding ortho intramolecular Hbond substituents is 2. The van der Waals surface area contributed by atoms with Gasteiger partial charge in [-0.15, -0.1) is 0 Å². The van der Waals surface area contributed by atoms with Crippen LogP contribution in [0.1, 0.15) is 18.6 Å². The van der Waals surface area contributed by atoms with Crippen LogP contribution in [-0.2, 0) is 4.79 Å². The van der Waals surface area contributed by atoms with Gasteiger partial charge in [0.15, 0.2) is 11.5 Å². The summed E-state index contributed by atoms with van der Waals surface area (Å²) in [6.45, 7) is 1.36. The van der Waals surface area contributed by atoms with Gasteiger partial charge >= 0.3 is 5.97 Å². The fraction of sp³-hybridized carbons (Fsp3) is 0.300. The molecule has 0 aliphatic carbocycles. The van der Waals surface area contributed by atoms with Gasteiger partial charge in [-0.05, 0) is 24.6 Å². The SMILES string of the molecule is C[C@H](C(=O)O)[C@H](O)c1ccc(O)c(O)c1. The minimum Gasteiger partial charge on any atom is -0.504 e. The molecule has 5 heteroatoms. The van der Waals surface area contributed by atoms with E-state index in [0.717, 1.165) is 6.07 Å². The molecule has 0 aromatic heterocycles. The van der Waals surface area contributed by atoms with Crippen LogP contribution in [0.3, 0.4) is 0 Å². The van der Waals surface area contributed by atoms with Crippen LogP contribution in [0.15, 0.2) is 18.2 Å². The predicted molar refractivity (Wildman–Crippen MR) is 51.5 cm³/mol. The van der Waals surface area contributed by atoms with Crippen molar-refractivity contribution >= 4 is 5.97 Å². The van der Waals surface area contributed by atoms with Crippen molar-refractivity contribution in [2.75, 3.05) is 0 Å². The molecule has 1 rings (SSSR count). The largest absolute Gasteiger partial charge is 0.504 e. The average molecular weight is 212 g/mol. The molecule has 15 heavy (non-hydrogen) atoms. The van der Waals surface area contributed by atoms with Gasteiger partial charge in [0, 0.05) is 0 Å². The topological polar surface area (TPSA) is 98.0 Å². The quantitative estimate of drug-likeness (QED) is 0.557. The maximum atomic E-state index is 10.6. The first-order valence-electron chi connectivity index (χ1n) is 4.36. The molecule has 4 N–H and O–H groups in total. The Hall–Kier alpha value is -1.75. The van der Waals surface area contributed by atoms with E-state index < -0.39 is 18.0 Å². The van der Waals surface area contributed by atoms with Crippen molar-refractivity contribution in [1.29, 1.82) is 0 Å². The predicted octanol–water partition coefficient (Wildman–Crippen LogP) is 0.852. The lowest BCUT2D eigenvalue weighted by Gasteiger charge is -2.15. The Kier molecular flexibility index (Phi) is 3.16. The number of carbonyl (C=O) groups is 1. The van der Waals surface area contributed by atoms with E-state index in [1.165, 1.54) is 19.1 Å². The third-order valence-corrected chi connectivity index (χ3v) is 2.20. The van der Waals surface area contributed by atoms with Gasteiger partial charge in [-0.1, -0.05) is 6.07 Å². The highest BCUT2D eigenvalue weighted by atomic mass is 16.4. The molecule has 0 radical (unpaired) electrons. The summed E-state index contributed by atoms with van der Waals surface area (Å²) in [7, 11) is 0. The summed E-state index contributed by atoms with van der Waals surface area (Å²) in [4.78, 5) is 10.6. The second-order valence-electron chi connectivity index (χ2n) is 3.32. The van der Waals surface area contributed by atoms with E-state index in [9.17, 15) is 9.90 Å². The summed E-state index contributed by atoms with van der Waals surface area (Å²) in [6.07, 6.45) is -1.21. The summed E-state index contributed by atoms with van der Waals surface area (Å²) < 4.78 is 0. The lowest BCUT2D eigenvalue weighted by atomic mass is 9.97. The fourth-order valence-corrected chi connectivity index (χ4v) is 1.15. The highest BCUT2D eigenvalue weighted by Crippen LogP contribution is 2.30. The second kappa shape index (κ2) is 4.18. The highest BCUT2D eigenvalue weighted by molar-refractivity contribution is 5.70. The zero-order valence-corrected chi connectivity index (χ0v) is 8.08. The first-order valence-corrected chi connectivity index (χ1v) is 4.36. The van der Waals surface area contributed by atoms with Crippen LogP contribution in [0.25, 0.3) is 0 Å². The molecule has 5 nitrogen and oxygen atoms in total. The Balaban J connectivity index is 2.96. The molecule has 0 saturated carbocycles. The third kappa shape index (κ3) is 2.38. The molecule has 82 valence electrons. The Morgan fingerprint density at radius 2 is 1.87 bits per heavy atom. The van der Waals surface area contributed by atoms with Crippen LogP contribution >= 0.6 is 0 Å². The summed E-state index contributed by atoms with van der Waals surface area (Å²) in [6, 6.07) is 3.70. The van der Waals surface area contributed by atoms with Crippen LogP contribution in [0.2, 0.25) is 0 Å². The highest BCUT2D eigenvalue weighted by Gasteiger charge is 2.23. The molecule has 0 heterocycles. The van der Waals surface area contributed by atoms with Gasteiger partial charge in [0.1, 0.15) is 0 Å². The third-order valence-electron chi connectivity index (χ3n) is 2.20. The second-order valence-corrected chi connectivity index (χ2v) is 3.32. The summed E-state index contributed by atoms with van der Waals surface area (Å²) in [5.74, 6) is -2.80. The monoisotopic (exact) mass is 212 g/mol. The van der Waals surface area contributed by atoms with E-state index in [0.29, 0.717) is 0 Å². The van der Waals surface area contributed by atoms with Crippen LogP contribution in [-0.4, -0.2) is 26.4 Å². The van der Waals surface area contributed by atoms with Gasteiger partial charge in [0.2, 0.25) is 0 Å². The van der Waals surface area contributed by atoms with Crippen LogP contribution in [0.5, 0.6) is 11.5 Å². The smallest absolute Gasteiger partial charge is 0.309 e. The van der Waals surface area contributed by atoms with Crippen molar-refractivity contribution in [3.05, 3.63) is 23.8 Å². The van der Waals surface area contributed by atoms with Gasteiger partial charge < -0.3 is 20.4 Å². The molecule has 2 atom stereocenters. The summed E-state index contributed by atoms with van der Waals surface area (Å²) in [5, 5.41) is 36.5. The first-order chi connectivity index (χ1) is 6.93. The molecule has 0 unspecified atom stereocenters. The summed E-state index contributed by atoms with van der Waals surface area (Å²) >= 11 is 0. The first kappa shape index (κ1) is 11.3. The minimum absolute atomic E-state index is 0.250. The molecule has 0 amide bonds. The lowest BCUT2D eigenvalue weighted by molar-refractivity contribution is -0.145. The van der Waals surface area contributed by atoms with Gasteiger partial charge in [-0.25, -0.2) is 0 Å². The maximum absolute atomic E-state index is 10.6. The lowest BCUT2D eigenvalue weighted by Crippen LogP contribution is -2.18. The Labute approximate surface area is 86.2 Å². The number of aliphatic hydroxyl groups excluding tert-OH is 1. The molecular formula is C10H12O5. The van der Waals surface area contributed by atoms with E-state index in [1.807, 2.05) is 0 Å². The fourth-order valence-electron chi connectivity index (χ4n) is 1.15. The molecule has 0 bridgehead atoms. The number of phenols is 2. The number of rotatable bonds is 3. The zero-order chi connectivity index (χ0) is 11.6. The molecule has 0 aliphatic rings. The standard InChI is InChI=1S/C10H12O5/c1-5(10(14)15)9(13)6-2-3-7(11)8(12)4-6/h2-5,9,11-13H,1H3,(H,14,15)/t5-,9-/m0/s1. The minimum atomic E-state index is -1.21. The van der Waals surface area contributed by atoms with E-state index >= 15 is 0 Å². The molecular weight excluding hydrogens is 200 g/mol. The van der Waals surface area contributed by atoms with Crippen molar-refractivity contribution < 1.29 is 25.2 Å². The number of aliphatic carboxylic acids is 1. The Morgan fingerprint density at radius 3 is 2.33 bits per heavy atom. The van der Waals surface area contributed by atoms with E-state index in [1.54, 1.807) is 0 Å². The van der Waals surface area contributed by atoms with E-state index in [2.05, 4.69) is 0 Å². The molecule has 0 spiro atoms. The van der Waals surface area contributed by atoms with Gasteiger partial charge in [-0.2, -0.15) is 0 Å². The Morgan fingerprint density at radius 1 is 1.27 bits per heavy atom. The molecule has 1 aromatic carbocycles. The average Bonchev–Trinajstić information content (AvgIpc) is 2.19. The maximum Gasteiger partial charge on any atom is 0.309 e. The van der Waals surface area contributed by atoms with Crippen molar-refractivity contribution in [3.63, 3.8) is 0 Å². The van der Waals surface area contributed by atoms with Gasteiger partial charge in [0.25, 0.3) is 0 Å². The van der Waals surface area contributed by atoms with Crippen molar-refractivity contribution in [2.45, 2.75) is 13.0 Å². The van der Waals surface area contributed by atoms with Crippen LogP contribution < -0.4 is 0 Å². The van der Waals surface area contributed by atoms with Crippen LogP contribution in [0, 0.1) is 5.92 Å². The Bertz CT molecular complexity index is 374. The number of carboxylic acid groups (broad SMARTS) is 1. The normalized spacial score (nSPS) is 14.5. The number of hydrogen-bond acceptors (Lipinski definition) is 4. The van der Waals surface area contributed by atoms with Crippen molar-refractivity contribution in [1.82, 2.24) is 0 Å². The molecule has 0 fully saturated rings. The molecule has 0 aliphatic heterocycles. The number of benzene rings is 1. The van der Waals surface area contributed by atoms with Crippen molar-refractivity contribution in [3.8, 4) is 11.5 Å². The number of aliphatic hydroxyl groups is 1. The number of aromatic hydroxyl groups is 2. The van der Waals surface area contributed by atoms with Gasteiger partial charge in [0.05, 0.1) is 12.0 Å². The van der Waals surface area contributed by atoms with E-state index in [-0.39, 0.29) is 17.1 Å². The summed E-state index contributed by atoms with van der Waals surface area (Å²) in [5.41, 5.74) is 0.250. The van der Waals surface area contributed by atoms with Gasteiger partial charge in [-0.3, -0.25) is 4.79 Å². The van der Waals surface area contributed by atoms with Crippen molar-refractivity contribution in [2.24, 2.45) is 5.92 Å². The molecule has 0 saturated heterocycles. The number of hydrogen-bond donors (Lipinski definition) is 4.